The summed E-state index contributed by atoms with van der Waals surface area (Å²) < 4.78 is 36.8. The van der Waals surface area contributed by atoms with Crippen molar-refractivity contribution in [1.29, 1.82) is 0 Å². The number of rotatable bonds is 4. The molecule has 110 valence electrons. The first-order valence-electron chi connectivity index (χ1n) is 5.70. The second-order valence-electron chi connectivity index (χ2n) is 4.56. The fourth-order valence-corrected chi connectivity index (χ4v) is 1.90. The third-order valence-corrected chi connectivity index (χ3v) is 2.70. The van der Waals surface area contributed by atoms with Crippen LogP contribution in [0, 0.1) is 0 Å². The molecule has 19 heavy (non-hydrogen) atoms. The number of hydrogen-bond donors (Lipinski definition) is 2. The average molecular weight is 283 g/mol. The van der Waals surface area contributed by atoms with Crippen molar-refractivity contribution >= 4 is 12.0 Å². The highest BCUT2D eigenvalue weighted by Gasteiger charge is 2.35. The molecule has 0 aromatic heterocycles. The van der Waals surface area contributed by atoms with Crippen molar-refractivity contribution in [2.75, 3.05) is 33.2 Å². The summed E-state index contributed by atoms with van der Waals surface area (Å²) in [6.07, 6.45) is -3.99. The Bertz CT molecular complexity index is 349. The Morgan fingerprint density at radius 2 is 2.11 bits per heavy atom. The zero-order valence-electron chi connectivity index (χ0n) is 10.4. The van der Waals surface area contributed by atoms with Crippen LogP contribution in [0.15, 0.2) is 0 Å². The summed E-state index contributed by atoms with van der Waals surface area (Å²) in [5.41, 5.74) is 0. The number of likely N-dealkylation sites (tertiary alicyclic amines) is 1. The smallest absolute Gasteiger partial charge is 0.406 e. The van der Waals surface area contributed by atoms with E-state index < -0.39 is 31.3 Å². The predicted molar refractivity (Wildman–Crippen MR) is 59.7 cm³/mol. The summed E-state index contributed by atoms with van der Waals surface area (Å²) >= 11 is 0. The molecule has 0 aliphatic carbocycles. The van der Waals surface area contributed by atoms with Crippen LogP contribution in [0.5, 0.6) is 0 Å². The van der Waals surface area contributed by atoms with Gasteiger partial charge in [0.05, 0.1) is 0 Å². The molecule has 1 heterocycles. The van der Waals surface area contributed by atoms with Gasteiger partial charge in [-0.15, -0.1) is 0 Å². The van der Waals surface area contributed by atoms with Crippen LogP contribution < -0.4 is 5.32 Å². The van der Waals surface area contributed by atoms with E-state index in [1.807, 2.05) is 11.9 Å². The van der Waals surface area contributed by atoms with Crippen molar-refractivity contribution < 1.29 is 27.9 Å². The number of halogens is 3. The maximum absolute atomic E-state index is 12.3. The Kier molecular flexibility index (Phi) is 4.98. The molecule has 0 radical (unpaired) electrons. The van der Waals surface area contributed by atoms with E-state index in [0.29, 0.717) is 13.0 Å². The second-order valence-corrected chi connectivity index (χ2v) is 4.56. The summed E-state index contributed by atoms with van der Waals surface area (Å²) in [7, 11) is 1.83. The van der Waals surface area contributed by atoms with Crippen LogP contribution >= 0.6 is 0 Å². The SMILES string of the molecule is CN1CCC(NC(=O)N(CC(=O)O)CC(F)(F)F)C1. The van der Waals surface area contributed by atoms with E-state index in [9.17, 15) is 22.8 Å². The Morgan fingerprint density at radius 3 is 2.53 bits per heavy atom. The van der Waals surface area contributed by atoms with Crippen molar-refractivity contribution in [2.45, 2.75) is 18.6 Å². The lowest BCUT2D eigenvalue weighted by Gasteiger charge is -2.24. The number of nitrogens with zero attached hydrogens (tertiary/aromatic N) is 2. The lowest BCUT2D eigenvalue weighted by atomic mass is 10.3. The number of hydrogen-bond acceptors (Lipinski definition) is 3. The molecule has 6 nitrogen and oxygen atoms in total. The molecular weight excluding hydrogens is 267 g/mol. The maximum Gasteiger partial charge on any atom is 0.406 e. The molecule has 0 aromatic rings. The lowest BCUT2D eigenvalue weighted by Crippen LogP contribution is -2.50. The van der Waals surface area contributed by atoms with Crippen LogP contribution in [0.2, 0.25) is 0 Å². The second kappa shape index (κ2) is 6.09. The van der Waals surface area contributed by atoms with Crippen LogP contribution in [-0.4, -0.2) is 72.4 Å². The third kappa shape index (κ3) is 5.77. The summed E-state index contributed by atoms with van der Waals surface area (Å²) in [4.78, 5) is 24.3. The van der Waals surface area contributed by atoms with Crippen molar-refractivity contribution in [3.8, 4) is 0 Å². The highest BCUT2D eigenvalue weighted by Crippen LogP contribution is 2.17. The van der Waals surface area contributed by atoms with Gasteiger partial charge in [0.1, 0.15) is 13.1 Å². The quantitative estimate of drug-likeness (QED) is 0.781. The van der Waals surface area contributed by atoms with Crippen molar-refractivity contribution in [2.24, 2.45) is 0 Å². The molecule has 1 unspecified atom stereocenters. The summed E-state index contributed by atoms with van der Waals surface area (Å²) in [5.74, 6) is -1.48. The number of amides is 2. The number of alkyl halides is 3. The van der Waals surface area contributed by atoms with E-state index in [4.69, 9.17) is 5.11 Å². The lowest BCUT2D eigenvalue weighted by molar-refractivity contribution is -0.149. The fraction of sp³-hybridized carbons (Fsp3) is 0.800. The molecule has 0 saturated carbocycles. The van der Waals surface area contributed by atoms with E-state index in [-0.39, 0.29) is 10.9 Å². The van der Waals surface area contributed by atoms with Gasteiger partial charge in [0.15, 0.2) is 0 Å². The van der Waals surface area contributed by atoms with E-state index >= 15 is 0 Å². The number of carboxylic acid groups (broad SMARTS) is 1. The summed E-state index contributed by atoms with van der Waals surface area (Å²) in [6.45, 7) is -1.27. The number of urea groups is 1. The van der Waals surface area contributed by atoms with Gasteiger partial charge in [0, 0.05) is 12.6 Å². The van der Waals surface area contributed by atoms with Gasteiger partial charge in [-0.3, -0.25) is 4.79 Å². The van der Waals surface area contributed by atoms with Crippen molar-refractivity contribution in [3.05, 3.63) is 0 Å². The van der Waals surface area contributed by atoms with E-state index in [1.165, 1.54) is 0 Å². The van der Waals surface area contributed by atoms with Gasteiger partial charge in [-0.2, -0.15) is 13.2 Å². The van der Waals surface area contributed by atoms with Crippen LogP contribution in [0.1, 0.15) is 6.42 Å². The first-order chi connectivity index (χ1) is 8.67. The molecule has 1 rings (SSSR count). The topological polar surface area (TPSA) is 72.9 Å². The highest BCUT2D eigenvalue weighted by atomic mass is 19.4. The number of carbonyl (C=O) groups excluding carboxylic acids is 1. The van der Waals surface area contributed by atoms with Gasteiger partial charge in [-0.1, -0.05) is 0 Å². The van der Waals surface area contributed by atoms with Gasteiger partial charge >= 0.3 is 18.2 Å². The molecule has 0 spiro atoms. The molecule has 1 aliphatic rings. The monoisotopic (exact) mass is 283 g/mol. The Hall–Kier alpha value is -1.51. The molecule has 1 aliphatic heterocycles. The Morgan fingerprint density at radius 1 is 1.47 bits per heavy atom. The summed E-state index contributed by atoms with van der Waals surface area (Å²) in [5, 5.41) is 11.0. The molecule has 1 atom stereocenters. The molecule has 1 fully saturated rings. The van der Waals surface area contributed by atoms with Crippen molar-refractivity contribution in [3.63, 3.8) is 0 Å². The van der Waals surface area contributed by atoms with E-state index in [2.05, 4.69) is 5.32 Å². The first-order valence-corrected chi connectivity index (χ1v) is 5.70. The van der Waals surface area contributed by atoms with Crippen LogP contribution in [0.4, 0.5) is 18.0 Å². The number of likely N-dealkylation sites (N-methyl/N-ethyl adjacent to an activating group) is 1. The first kappa shape index (κ1) is 15.5. The normalized spacial score (nSPS) is 20.3. The number of carboxylic acids is 1. The zero-order chi connectivity index (χ0) is 14.6. The molecule has 0 bridgehead atoms. The minimum atomic E-state index is -4.63. The van der Waals surface area contributed by atoms with Gasteiger partial charge < -0.3 is 20.2 Å². The zero-order valence-corrected chi connectivity index (χ0v) is 10.4. The summed E-state index contributed by atoms with van der Waals surface area (Å²) in [6, 6.07) is -1.25. The van der Waals surface area contributed by atoms with Crippen LogP contribution in [0.25, 0.3) is 0 Å². The van der Waals surface area contributed by atoms with Crippen molar-refractivity contribution in [1.82, 2.24) is 15.1 Å². The van der Waals surface area contributed by atoms with Gasteiger partial charge in [0.2, 0.25) is 0 Å². The van der Waals surface area contributed by atoms with Crippen LogP contribution in [-0.2, 0) is 4.79 Å². The number of aliphatic carboxylic acids is 1. The predicted octanol–water partition coefficient (Wildman–Crippen LogP) is 0.349. The van der Waals surface area contributed by atoms with Gasteiger partial charge in [-0.05, 0) is 20.0 Å². The number of carbonyl (C=O) groups is 2. The Labute approximate surface area is 108 Å². The largest absolute Gasteiger partial charge is 0.480 e. The molecule has 2 N–H and O–H groups in total. The number of nitrogens with one attached hydrogen (secondary N) is 1. The highest BCUT2D eigenvalue weighted by molar-refractivity contribution is 5.80. The minimum Gasteiger partial charge on any atom is -0.480 e. The molecule has 1 saturated heterocycles. The van der Waals surface area contributed by atoms with Gasteiger partial charge in [-0.25, -0.2) is 4.79 Å². The van der Waals surface area contributed by atoms with E-state index in [1.54, 1.807) is 0 Å². The third-order valence-electron chi connectivity index (χ3n) is 2.70. The van der Waals surface area contributed by atoms with Gasteiger partial charge in [0.25, 0.3) is 0 Å². The average Bonchev–Trinajstić information content (AvgIpc) is 2.60. The maximum atomic E-state index is 12.3. The standard InChI is InChI=1S/C10H16F3N3O3/c1-15-3-2-7(4-15)14-9(19)16(5-8(17)18)6-10(11,12)13/h7H,2-6H2,1H3,(H,14,19)(H,17,18). The molecular formula is C10H16F3N3O3. The molecule has 2 amide bonds. The van der Waals surface area contributed by atoms with E-state index in [0.717, 1.165) is 6.54 Å². The Balaban J connectivity index is 2.58. The molecule has 0 aromatic carbocycles. The van der Waals surface area contributed by atoms with Crippen LogP contribution in [0.3, 0.4) is 0 Å². The minimum absolute atomic E-state index is 0.248. The molecule has 9 heteroatoms. The fourth-order valence-electron chi connectivity index (χ4n) is 1.90.